The molecular weight excluding hydrogens is 358 g/mol. The lowest BCUT2D eigenvalue weighted by atomic mass is 10.1. The maximum atomic E-state index is 12.3. The van der Waals surface area contributed by atoms with Gasteiger partial charge in [0, 0.05) is 56.3 Å². The van der Waals surface area contributed by atoms with Gasteiger partial charge in [-0.05, 0) is 48.4 Å². The summed E-state index contributed by atoms with van der Waals surface area (Å²) in [5, 5.41) is 6.46. The molecule has 2 amide bonds. The van der Waals surface area contributed by atoms with Crippen molar-refractivity contribution in [2.75, 3.05) is 31.6 Å². The monoisotopic (exact) mass is 385 g/mol. The Kier molecular flexibility index (Phi) is 6.87. The average molecular weight is 386 g/mol. The Morgan fingerprint density at radius 2 is 1.85 bits per heavy atom. The van der Waals surface area contributed by atoms with Gasteiger partial charge in [-0.15, -0.1) is 0 Å². The van der Waals surface area contributed by atoms with Crippen molar-refractivity contribution in [3.63, 3.8) is 0 Å². The smallest absolute Gasteiger partial charge is 0.252 e. The summed E-state index contributed by atoms with van der Waals surface area (Å²) in [6.07, 6.45) is 4.16. The highest BCUT2D eigenvalue weighted by atomic mass is 32.1. The fourth-order valence-corrected chi connectivity index (χ4v) is 3.93. The van der Waals surface area contributed by atoms with E-state index in [0.717, 1.165) is 18.7 Å². The Morgan fingerprint density at radius 3 is 2.52 bits per heavy atom. The van der Waals surface area contributed by atoms with Gasteiger partial charge in [-0.25, -0.2) is 0 Å². The third-order valence-corrected chi connectivity index (χ3v) is 5.59. The van der Waals surface area contributed by atoms with Crippen LogP contribution in [-0.2, 0) is 11.3 Å². The van der Waals surface area contributed by atoms with Crippen LogP contribution in [0.2, 0.25) is 0 Å². The van der Waals surface area contributed by atoms with Crippen molar-refractivity contribution in [2.45, 2.75) is 32.2 Å². The highest BCUT2D eigenvalue weighted by Gasteiger charge is 2.13. The van der Waals surface area contributed by atoms with Gasteiger partial charge in [0.15, 0.2) is 0 Å². The van der Waals surface area contributed by atoms with E-state index in [9.17, 15) is 9.59 Å². The van der Waals surface area contributed by atoms with E-state index in [0.29, 0.717) is 25.1 Å². The standard InChI is InChI=1S/C21H27N3O2S/c1-23(20(25)9-11-22-21(26)18-10-14-27-16-18)15-17-5-7-19(8-6-17)24-12-3-2-4-13-24/h5-8,10,14,16H,2-4,9,11-13,15H2,1H3,(H,22,26). The molecule has 1 aliphatic heterocycles. The first-order valence-corrected chi connectivity index (χ1v) is 10.5. The highest BCUT2D eigenvalue weighted by molar-refractivity contribution is 7.08. The summed E-state index contributed by atoms with van der Waals surface area (Å²) in [6.45, 7) is 3.20. The van der Waals surface area contributed by atoms with Crippen molar-refractivity contribution in [3.8, 4) is 0 Å². The number of benzene rings is 1. The van der Waals surface area contributed by atoms with Crippen LogP contribution in [0.3, 0.4) is 0 Å². The topological polar surface area (TPSA) is 52.6 Å². The van der Waals surface area contributed by atoms with Gasteiger partial charge in [0.25, 0.3) is 5.91 Å². The normalized spacial score (nSPS) is 14.0. The molecule has 2 aromatic rings. The summed E-state index contributed by atoms with van der Waals surface area (Å²) in [5.74, 6) is -0.0965. The number of nitrogens with one attached hydrogen (secondary N) is 1. The third-order valence-electron chi connectivity index (χ3n) is 4.91. The second-order valence-electron chi connectivity index (χ2n) is 6.98. The number of nitrogens with zero attached hydrogens (tertiary/aromatic N) is 2. The van der Waals surface area contributed by atoms with E-state index in [1.807, 2.05) is 12.4 Å². The SMILES string of the molecule is CN(Cc1ccc(N2CCCCC2)cc1)C(=O)CCNC(=O)c1ccsc1. The van der Waals surface area contributed by atoms with Crippen LogP contribution in [0.15, 0.2) is 41.1 Å². The fourth-order valence-electron chi connectivity index (χ4n) is 3.30. The minimum atomic E-state index is -0.125. The first-order valence-electron chi connectivity index (χ1n) is 9.52. The summed E-state index contributed by atoms with van der Waals surface area (Å²) in [4.78, 5) is 28.3. The molecule has 27 heavy (non-hydrogen) atoms. The molecule has 0 saturated carbocycles. The summed E-state index contributed by atoms with van der Waals surface area (Å²) < 4.78 is 0. The molecule has 0 bridgehead atoms. The maximum absolute atomic E-state index is 12.3. The van der Waals surface area contributed by atoms with Crippen molar-refractivity contribution in [3.05, 3.63) is 52.2 Å². The molecule has 1 aliphatic rings. The Labute approximate surface area is 165 Å². The minimum Gasteiger partial charge on any atom is -0.372 e. The lowest BCUT2D eigenvalue weighted by molar-refractivity contribution is -0.130. The van der Waals surface area contributed by atoms with Gasteiger partial charge in [-0.3, -0.25) is 9.59 Å². The van der Waals surface area contributed by atoms with Gasteiger partial charge >= 0.3 is 0 Å². The van der Waals surface area contributed by atoms with Crippen molar-refractivity contribution >= 4 is 28.8 Å². The Balaban J connectivity index is 1.42. The van der Waals surface area contributed by atoms with Crippen molar-refractivity contribution < 1.29 is 9.59 Å². The van der Waals surface area contributed by atoms with E-state index in [1.165, 1.54) is 36.3 Å². The lowest BCUT2D eigenvalue weighted by Gasteiger charge is -2.29. The molecule has 3 rings (SSSR count). The summed E-state index contributed by atoms with van der Waals surface area (Å²) in [7, 11) is 1.81. The van der Waals surface area contributed by atoms with Crippen molar-refractivity contribution in [1.29, 1.82) is 0 Å². The molecule has 1 fully saturated rings. The Morgan fingerprint density at radius 1 is 1.11 bits per heavy atom. The zero-order valence-corrected chi connectivity index (χ0v) is 16.6. The highest BCUT2D eigenvalue weighted by Crippen LogP contribution is 2.20. The molecule has 5 nitrogen and oxygen atoms in total. The van der Waals surface area contributed by atoms with Crippen LogP contribution in [0.5, 0.6) is 0 Å². The van der Waals surface area contributed by atoms with E-state index in [1.54, 1.807) is 16.3 Å². The third kappa shape index (κ3) is 5.57. The average Bonchev–Trinajstić information content (AvgIpc) is 3.24. The summed E-state index contributed by atoms with van der Waals surface area (Å²) in [6, 6.07) is 10.3. The van der Waals surface area contributed by atoms with Gasteiger partial charge in [0.1, 0.15) is 0 Å². The number of carbonyl (C=O) groups excluding carboxylic acids is 2. The van der Waals surface area contributed by atoms with Crippen molar-refractivity contribution in [2.24, 2.45) is 0 Å². The number of piperidine rings is 1. The van der Waals surface area contributed by atoms with E-state index < -0.39 is 0 Å². The fraction of sp³-hybridized carbons (Fsp3) is 0.429. The van der Waals surface area contributed by atoms with Crippen LogP contribution in [0.25, 0.3) is 0 Å². The molecule has 1 aromatic heterocycles. The van der Waals surface area contributed by atoms with E-state index in [2.05, 4.69) is 34.5 Å². The number of amides is 2. The lowest BCUT2D eigenvalue weighted by Crippen LogP contribution is -2.31. The van der Waals surface area contributed by atoms with E-state index in [-0.39, 0.29) is 11.8 Å². The molecule has 0 radical (unpaired) electrons. The van der Waals surface area contributed by atoms with Gasteiger partial charge < -0.3 is 15.1 Å². The minimum absolute atomic E-state index is 0.0284. The summed E-state index contributed by atoms with van der Waals surface area (Å²) >= 11 is 1.48. The van der Waals surface area contributed by atoms with Gasteiger partial charge in [0.2, 0.25) is 5.91 Å². The van der Waals surface area contributed by atoms with Crippen LogP contribution < -0.4 is 10.2 Å². The zero-order valence-electron chi connectivity index (χ0n) is 15.8. The van der Waals surface area contributed by atoms with Crippen LogP contribution in [0.4, 0.5) is 5.69 Å². The number of rotatable bonds is 7. The predicted molar refractivity (Wildman–Crippen MR) is 110 cm³/mol. The molecular formula is C21H27N3O2S. The molecule has 0 spiro atoms. The molecule has 1 aromatic carbocycles. The number of anilines is 1. The molecule has 1 N–H and O–H groups in total. The molecule has 144 valence electrons. The zero-order chi connectivity index (χ0) is 19.1. The van der Waals surface area contributed by atoms with Gasteiger partial charge in [-0.2, -0.15) is 11.3 Å². The second kappa shape index (κ2) is 9.55. The molecule has 0 unspecified atom stereocenters. The molecule has 0 aliphatic carbocycles. The number of thiophene rings is 1. The predicted octanol–water partition coefficient (Wildman–Crippen LogP) is 3.52. The molecule has 0 atom stereocenters. The second-order valence-corrected chi connectivity index (χ2v) is 7.76. The van der Waals surface area contributed by atoms with Gasteiger partial charge in [-0.1, -0.05) is 12.1 Å². The molecule has 1 saturated heterocycles. The first-order chi connectivity index (χ1) is 13.1. The Bertz CT molecular complexity index is 737. The summed E-state index contributed by atoms with van der Waals surface area (Å²) in [5.41, 5.74) is 3.03. The van der Waals surface area contributed by atoms with Crippen LogP contribution >= 0.6 is 11.3 Å². The van der Waals surface area contributed by atoms with Crippen LogP contribution in [0.1, 0.15) is 41.6 Å². The largest absolute Gasteiger partial charge is 0.372 e. The molecule has 6 heteroatoms. The molecule has 2 heterocycles. The van der Waals surface area contributed by atoms with Crippen LogP contribution in [-0.4, -0.2) is 43.4 Å². The quantitative estimate of drug-likeness (QED) is 0.793. The number of hydrogen-bond donors (Lipinski definition) is 1. The van der Waals surface area contributed by atoms with Gasteiger partial charge in [0.05, 0.1) is 0 Å². The number of hydrogen-bond acceptors (Lipinski definition) is 4. The van der Waals surface area contributed by atoms with Crippen molar-refractivity contribution in [1.82, 2.24) is 10.2 Å². The van der Waals surface area contributed by atoms with E-state index in [4.69, 9.17) is 0 Å². The Hall–Kier alpha value is -2.34. The first kappa shape index (κ1) is 19.4. The van der Waals surface area contributed by atoms with Crippen LogP contribution in [0, 0.1) is 0 Å². The maximum Gasteiger partial charge on any atom is 0.252 e. The van der Waals surface area contributed by atoms with E-state index >= 15 is 0 Å². The number of carbonyl (C=O) groups is 2.